The van der Waals surface area contributed by atoms with E-state index in [0.29, 0.717) is 21.3 Å². The molecule has 2 aromatic rings. The lowest BCUT2D eigenvalue weighted by Crippen LogP contribution is -2.15. The second-order valence-electron chi connectivity index (χ2n) is 4.93. The molecule has 3 rings (SSSR count). The molecule has 0 aliphatic carbocycles. The molecule has 0 saturated heterocycles. The maximum atomic E-state index is 12.1. The average molecular weight is 395 g/mol. The van der Waals surface area contributed by atoms with Crippen LogP contribution in [0.1, 0.15) is 21.5 Å². The Morgan fingerprint density at radius 3 is 2.96 bits per heavy atom. The predicted molar refractivity (Wildman–Crippen MR) is 84.4 cm³/mol. The zero-order valence-corrected chi connectivity index (χ0v) is 13.8. The molecule has 1 aromatic heterocycles. The summed E-state index contributed by atoms with van der Waals surface area (Å²) < 4.78 is 16.4. The number of aromatic nitrogens is 1. The van der Waals surface area contributed by atoms with Crippen molar-refractivity contribution in [1.29, 1.82) is 0 Å². The van der Waals surface area contributed by atoms with Gasteiger partial charge in [-0.05, 0) is 22.0 Å². The number of nitrogens with zero attached hydrogens (tertiary/aromatic N) is 2. The van der Waals surface area contributed by atoms with Gasteiger partial charge in [-0.2, -0.15) is 0 Å². The molecule has 8 nitrogen and oxygen atoms in total. The number of ether oxygens (including phenoxy) is 3. The fourth-order valence-electron chi connectivity index (χ4n) is 2.24. The molecule has 124 valence electrons. The number of esters is 1. The van der Waals surface area contributed by atoms with Gasteiger partial charge in [-0.15, -0.1) is 0 Å². The van der Waals surface area contributed by atoms with Gasteiger partial charge in [0, 0.05) is 40.1 Å². The molecule has 0 radical (unpaired) electrons. The Hall–Kier alpha value is -2.52. The van der Waals surface area contributed by atoms with Crippen molar-refractivity contribution in [2.24, 2.45) is 0 Å². The van der Waals surface area contributed by atoms with Crippen LogP contribution in [0, 0.1) is 10.1 Å². The summed E-state index contributed by atoms with van der Waals surface area (Å²) in [5.74, 6) is -0.136. The highest BCUT2D eigenvalue weighted by Gasteiger charge is 2.22. The zero-order valence-electron chi connectivity index (χ0n) is 12.2. The molecule has 0 spiro atoms. The number of non-ortho nitro benzene ring substituents is 1. The highest BCUT2D eigenvalue weighted by Crippen LogP contribution is 2.33. The number of halogens is 1. The SMILES string of the molecule is O=C(OCc1cc([N+](=O)[O-])cc2c1OCOC2)c1cncc(Br)c1. The molecule has 0 saturated carbocycles. The maximum Gasteiger partial charge on any atom is 0.340 e. The van der Waals surface area contributed by atoms with Gasteiger partial charge in [0.25, 0.3) is 5.69 Å². The monoisotopic (exact) mass is 394 g/mol. The summed E-state index contributed by atoms with van der Waals surface area (Å²) in [6.07, 6.45) is 2.92. The third-order valence-electron chi connectivity index (χ3n) is 3.28. The number of nitro benzene ring substituents is 1. The van der Waals surface area contributed by atoms with Crippen molar-refractivity contribution in [2.75, 3.05) is 6.79 Å². The van der Waals surface area contributed by atoms with Gasteiger partial charge in [-0.1, -0.05) is 0 Å². The second-order valence-corrected chi connectivity index (χ2v) is 5.84. The molecule has 2 heterocycles. The summed E-state index contributed by atoms with van der Waals surface area (Å²) in [6.45, 7) is 0.0875. The van der Waals surface area contributed by atoms with Crippen LogP contribution in [0.4, 0.5) is 5.69 Å². The Balaban J connectivity index is 1.82. The Bertz CT molecular complexity index is 811. The standard InChI is InChI=1S/C15H11BrN2O6/c16-12-1-9(4-17-5-12)15(19)23-7-11-3-13(18(20)21)2-10-6-22-8-24-14(10)11/h1-5H,6-8H2. The Labute approximate surface area is 144 Å². The lowest BCUT2D eigenvalue weighted by Gasteiger charge is -2.20. The van der Waals surface area contributed by atoms with E-state index in [4.69, 9.17) is 14.2 Å². The third-order valence-corrected chi connectivity index (χ3v) is 3.72. The summed E-state index contributed by atoms with van der Waals surface area (Å²) in [5, 5.41) is 11.0. The van der Waals surface area contributed by atoms with Crippen LogP contribution in [-0.2, 0) is 22.7 Å². The van der Waals surface area contributed by atoms with Crippen molar-refractivity contribution >= 4 is 27.6 Å². The molecular weight excluding hydrogens is 384 g/mol. The molecule has 0 amide bonds. The molecule has 0 N–H and O–H groups in total. The largest absolute Gasteiger partial charge is 0.467 e. The number of rotatable bonds is 4. The number of carbonyl (C=O) groups excluding carboxylic acids is 1. The first-order valence-electron chi connectivity index (χ1n) is 6.83. The Kier molecular flexibility index (Phi) is 4.72. The maximum absolute atomic E-state index is 12.1. The van der Waals surface area contributed by atoms with Crippen LogP contribution in [-0.4, -0.2) is 22.7 Å². The minimum atomic E-state index is -0.587. The average Bonchev–Trinajstić information content (AvgIpc) is 2.59. The van der Waals surface area contributed by atoms with Gasteiger partial charge in [-0.25, -0.2) is 4.79 Å². The van der Waals surface area contributed by atoms with Crippen molar-refractivity contribution in [2.45, 2.75) is 13.2 Å². The molecule has 1 aliphatic rings. The van der Waals surface area contributed by atoms with Gasteiger partial charge in [-0.3, -0.25) is 15.1 Å². The fourth-order valence-corrected chi connectivity index (χ4v) is 2.61. The first-order valence-corrected chi connectivity index (χ1v) is 7.62. The van der Waals surface area contributed by atoms with E-state index in [1.54, 1.807) is 12.3 Å². The van der Waals surface area contributed by atoms with Gasteiger partial charge >= 0.3 is 5.97 Å². The van der Waals surface area contributed by atoms with E-state index in [2.05, 4.69) is 20.9 Å². The molecule has 1 aromatic carbocycles. The van der Waals surface area contributed by atoms with Crippen LogP contribution in [0.2, 0.25) is 0 Å². The molecule has 1 aliphatic heterocycles. The summed E-state index contributed by atoms with van der Waals surface area (Å²) in [7, 11) is 0. The third kappa shape index (κ3) is 3.52. The highest BCUT2D eigenvalue weighted by molar-refractivity contribution is 9.10. The normalized spacial score (nSPS) is 12.9. The van der Waals surface area contributed by atoms with E-state index < -0.39 is 10.9 Å². The molecule has 24 heavy (non-hydrogen) atoms. The quantitative estimate of drug-likeness (QED) is 0.446. The van der Waals surface area contributed by atoms with Gasteiger partial charge in [0.1, 0.15) is 12.4 Å². The number of hydrogen-bond acceptors (Lipinski definition) is 7. The van der Waals surface area contributed by atoms with Crippen molar-refractivity contribution in [3.63, 3.8) is 0 Å². The van der Waals surface area contributed by atoms with E-state index in [1.165, 1.54) is 18.3 Å². The molecule has 0 unspecified atom stereocenters. The number of nitro groups is 1. The molecule has 0 bridgehead atoms. The first-order chi connectivity index (χ1) is 11.5. The van der Waals surface area contributed by atoms with E-state index in [9.17, 15) is 14.9 Å². The van der Waals surface area contributed by atoms with E-state index in [1.807, 2.05) is 0 Å². The summed E-state index contributed by atoms with van der Waals surface area (Å²) in [4.78, 5) is 26.5. The molecule has 0 fully saturated rings. The number of pyridine rings is 1. The van der Waals surface area contributed by atoms with Gasteiger partial charge in [0.2, 0.25) is 0 Å². The van der Waals surface area contributed by atoms with Crippen molar-refractivity contribution < 1.29 is 23.9 Å². The smallest absolute Gasteiger partial charge is 0.340 e. The second kappa shape index (κ2) is 6.93. The molecule has 9 heteroatoms. The predicted octanol–water partition coefficient (Wildman–Crippen LogP) is 2.98. The minimum Gasteiger partial charge on any atom is -0.467 e. The zero-order chi connectivity index (χ0) is 17.1. The van der Waals surface area contributed by atoms with Crippen LogP contribution in [0.15, 0.2) is 35.1 Å². The highest BCUT2D eigenvalue weighted by atomic mass is 79.9. The lowest BCUT2D eigenvalue weighted by atomic mass is 10.1. The minimum absolute atomic E-state index is 0.0430. The van der Waals surface area contributed by atoms with E-state index in [0.717, 1.165) is 0 Å². The number of carbonyl (C=O) groups is 1. The van der Waals surface area contributed by atoms with Crippen LogP contribution in [0.3, 0.4) is 0 Å². The van der Waals surface area contributed by atoms with Gasteiger partial charge in [0.05, 0.1) is 17.1 Å². The van der Waals surface area contributed by atoms with Crippen LogP contribution >= 0.6 is 15.9 Å². The van der Waals surface area contributed by atoms with Crippen molar-refractivity contribution in [3.05, 3.63) is 61.9 Å². The number of benzene rings is 1. The number of fused-ring (bicyclic) bond motifs is 1. The van der Waals surface area contributed by atoms with Crippen LogP contribution in [0.5, 0.6) is 5.75 Å². The van der Waals surface area contributed by atoms with Crippen molar-refractivity contribution in [3.8, 4) is 5.75 Å². The van der Waals surface area contributed by atoms with Crippen molar-refractivity contribution in [1.82, 2.24) is 4.98 Å². The van der Waals surface area contributed by atoms with Gasteiger partial charge < -0.3 is 14.2 Å². The topological polar surface area (TPSA) is 101 Å². The van der Waals surface area contributed by atoms with E-state index in [-0.39, 0.29) is 31.3 Å². The summed E-state index contributed by atoms with van der Waals surface area (Å²) in [6, 6.07) is 4.29. The summed E-state index contributed by atoms with van der Waals surface area (Å²) >= 11 is 3.22. The van der Waals surface area contributed by atoms with Crippen LogP contribution in [0.25, 0.3) is 0 Å². The molecule has 0 atom stereocenters. The fraction of sp³-hybridized carbons (Fsp3) is 0.200. The molecular formula is C15H11BrN2O6. The lowest BCUT2D eigenvalue weighted by molar-refractivity contribution is -0.385. The first kappa shape index (κ1) is 16.3. The summed E-state index contributed by atoms with van der Waals surface area (Å²) in [5.41, 5.74) is 1.12. The van der Waals surface area contributed by atoms with Gasteiger partial charge in [0.15, 0.2) is 6.79 Å². The number of hydrogen-bond donors (Lipinski definition) is 0. The van der Waals surface area contributed by atoms with Crippen LogP contribution < -0.4 is 4.74 Å². The van der Waals surface area contributed by atoms with E-state index >= 15 is 0 Å². The Morgan fingerprint density at radius 2 is 2.21 bits per heavy atom. The Morgan fingerprint density at radius 1 is 1.38 bits per heavy atom.